The van der Waals surface area contributed by atoms with Crippen molar-refractivity contribution < 1.29 is 28.4 Å². The van der Waals surface area contributed by atoms with Gasteiger partial charge in [-0.05, 0) is 306 Å². The van der Waals surface area contributed by atoms with Gasteiger partial charge in [-0.2, -0.15) is 0 Å². The number of methoxy groups -OCH3 is 6. The van der Waals surface area contributed by atoms with Gasteiger partial charge in [0.2, 0.25) is 0 Å². The summed E-state index contributed by atoms with van der Waals surface area (Å²) in [5.41, 5.74) is 40.8. The molecule has 0 N–H and O–H groups in total. The van der Waals surface area contributed by atoms with Crippen LogP contribution in [0.4, 0.5) is 0 Å². The van der Waals surface area contributed by atoms with Gasteiger partial charge in [-0.25, -0.2) is 0 Å². The molecule has 0 saturated heterocycles. The fraction of sp³-hybridized carbons (Fsp3) is 0.0435. The molecule has 6 nitrogen and oxygen atoms in total. The van der Waals surface area contributed by atoms with E-state index in [2.05, 4.69) is 510 Å². The van der Waals surface area contributed by atoms with Crippen molar-refractivity contribution in [3.05, 3.63) is 510 Å². The molecule has 0 aliphatic carbocycles. The van der Waals surface area contributed by atoms with E-state index in [1.807, 2.05) is 0 Å². The maximum Gasteiger partial charge on any atom is 0.118 e. The van der Waals surface area contributed by atoms with Crippen LogP contribution in [-0.2, 0) is 0 Å². The van der Waals surface area contributed by atoms with Gasteiger partial charge in [0, 0.05) is 0 Å². The van der Waals surface area contributed by atoms with E-state index < -0.39 is 0 Å². The van der Waals surface area contributed by atoms with Crippen LogP contribution in [0.2, 0.25) is 0 Å². The number of benzene rings is 22. The highest BCUT2D eigenvalue weighted by Gasteiger charge is 2.42. The summed E-state index contributed by atoms with van der Waals surface area (Å²) in [4.78, 5) is 0. The van der Waals surface area contributed by atoms with Crippen LogP contribution < -0.4 is 28.4 Å². The molecule has 0 aliphatic rings. The first-order valence-electron chi connectivity index (χ1n) is 48.8. The summed E-state index contributed by atoms with van der Waals surface area (Å²) in [6.45, 7) is 0. The van der Waals surface area contributed by atoms with Crippen LogP contribution >= 0.6 is 0 Å². The summed E-state index contributed by atoms with van der Waals surface area (Å²) in [5, 5.41) is 0. The summed E-state index contributed by atoms with van der Waals surface area (Å²) < 4.78 is 37.5. The Hall–Kier alpha value is -18.4. The minimum atomic E-state index is 0.717. The van der Waals surface area contributed by atoms with Gasteiger partial charge in [0.05, 0.1) is 42.7 Å². The van der Waals surface area contributed by atoms with Gasteiger partial charge in [0.15, 0.2) is 0 Å². The van der Waals surface area contributed by atoms with Crippen molar-refractivity contribution >= 4 is 0 Å². The Labute approximate surface area is 843 Å². The van der Waals surface area contributed by atoms with Crippen LogP contribution in [0.25, 0.3) is 234 Å². The minimum Gasteiger partial charge on any atom is -0.497 e. The number of hydrogen-bond acceptors (Lipinski definition) is 6. The molecule has 0 radical (unpaired) electrons. The lowest BCUT2D eigenvalue weighted by atomic mass is 9.65. The van der Waals surface area contributed by atoms with Gasteiger partial charge >= 0.3 is 0 Å². The molecule has 144 heavy (non-hydrogen) atoms. The van der Waals surface area contributed by atoms with Crippen molar-refractivity contribution in [1.29, 1.82) is 0 Å². The maximum atomic E-state index is 6.29. The van der Waals surface area contributed by atoms with E-state index in [1.165, 1.54) is 0 Å². The minimum absolute atomic E-state index is 0.717. The van der Waals surface area contributed by atoms with E-state index in [0.29, 0.717) is 0 Å². The molecular weight excluding hydrogens is 1750 g/mol. The maximum absolute atomic E-state index is 6.29. The van der Waals surface area contributed by atoms with Gasteiger partial charge in [-0.1, -0.05) is 437 Å². The third kappa shape index (κ3) is 17.1. The molecule has 0 saturated carbocycles. The SMILES string of the molecule is COc1ccc(-c2c(-c3ccccc3)c(-c3ccccc3)c(-c3c(-c4ccccc4)c(-c4c(-c5ccccc5)c(-c5ccccc5)c(-c5ccc(OC)cc5)c(-c5ccc(OC)cc5)c4-c4ccccc4)c(-c4ccccc4)c(-c4c(-c5ccccc5)c(-c5ccccc5)c(-c5ccc(OC)cc5)c(-c5ccc(OC)cc5)c4-c4ccccc4)c3-c3ccccc3)c(-c3ccccc3)c2-c2ccc(OC)cc2)cc1. The summed E-state index contributed by atoms with van der Waals surface area (Å²) in [5.74, 6) is 4.34. The van der Waals surface area contributed by atoms with Crippen LogP contribution in [0.1, 0.15) is 0 Å². The lowest BCUT2D eigenvalue weighted by molar-refractivity contribution is 0.414. The molecule has 0 unspecified atom stereocenters. The molecule has 22 rings (SSSR count). The van der Waals surface area contributed by atoms with Gasteiger partial charge in [0.25, 0.3) is 0 Å². The Balaban J connectivity index is 1.18. The molecule has 22 aromatic rings. The molecule has 0 atom stereocenters. The molecule has 0 aliphatic heterocycles. The molecule has 6 heteroatoms. The molecule has 22 aromatic carbocycles. The number of rotatable bonds is 27. The van der Waals surface area contributed by atoms with E-state index in [9.17, 15) is 0 Å². The molecule has 0 amide bonds. The smallest absolute Gasteiger partial charge is 0.118 e. The Morgan fingerprint density at radius 1 is 0.0764 bits per heavy atom. The van der Waals surface area contributed by atoms with E-state index in [0.717, 1.165) is 268 Å². The zero-order chi connectivity index (χ0) is 97.4. The zero-order valence-electron chi connectivity index (χ0n) is 80.9. The Bertz CT molecular complexity index is 7490. The summed E-state index contributed by atoms with van der Waals surface area (Å²) in [6, 6.07) is 188. The highest BCUT2D eigenvalue weighted by Crippen LogP contribution is 2.69. The molecule has 0 bridgehead atoms. The Kier molecular flexibility index (Phi) is 25.8. The van der Waals surface area contributed by atoms with Crippen molar-refractivity contribution in [3.8, 4) is 268 Å². The van der Waals surface area contributed by atoms with E-state index >= 15 is 0 Å². The first kappa shape index (κ1) is 90.8. The lowest BCUT2D eigenvalue weighted by Gasteiger charge is -2.37. The number of hydrogen-bond donors (Lipinski definition) is 0. The monoisotopic (exact) mass is 1850 g/mol. The van der Waals surface area contributed by atoms with Crippen molar-refractivity contribution in [2.45, 2.75) is 0 Å². The van der Waals surface area contributed by atoms with E-state index in [4.69, 9.17) is 28.4 Å². The predicted molar refractivity (Wildman–Crippen MR) is 600 cm³/mol. The Morgan fingerprint density at radius 3 is 0.229 bits per heavy atom. The standard InChI is InChI=1S/C138H102O6/c1-139-109-79-67-103(68-80-109)118-115(91-43-19-7-20-44-91)124(94-49-25-10-26-50-94)133(127(97-55-31-13-32-56-97)121(118)106-73-85-112(142-4)86-74-106)136-130(100-61-37-16-38-62-100)137(134-125(95-51-27-11-28-52-95)116(92-45-21-8-22-46-92)119(104-69-81-110(140-2)82-70-104)122(107-75-87-113(143-5)88-76-107)128(134)98-57-33-14-34-58-98)132(102-65-41-18-42-66-102)138(131(136)101-63-39-17-40-64-101)135-126(96-53-29-12-30-54-96)117(93-47-23-9-24-48-93)120(105-71-83-111(141-3)84-72-105)123(108-77-89-114(144-6)90-78-108)129(135)99-59-35-15-36-60-99/h7-90H,1-6H3. The fourth-order valence-electron chi connectivity index (χ4n) is 21.5. The average Bonchev–Trinajstić information content (AvgIpc) is 0.674. The summed E-state index contributed by atoms with van der Waals surface area (Å²) >= 11 is 0. The largest absolute Gasteiger partial charge is 0.497 e. The second-order valence-corrected chi connectivity index (χ2v) is 35.8. The van der Waals surface area contributed by atoms with Gasteiger partial charge in [-0.3, -0.25) is 0 Å². The molecular formula is C138H102O6. The Morgan fingerprint density at radius 2 is 0.146 bits per heavy atom. The van der Waals surface area contributed by atoms with Crippen molar-refractivity contribution in [2.75, 3.05) is 42.7 Å². The van der Waals surface area contributed by atoms with Crippen molar-refractivity contribution in [3.63, 3.8) is 0 Å². The highest BCUT2D eigenvalue weighted by molar-refractivity contribution is 6.29. The normalized spacial score (nSPS) is 11.1. The summed E-state index contributed by atoms with van der Waals surface area (Å²) in [6.07, 6.45) is 0. The van der Waals surface area contributed by atoms with Crippen molar-refractivity contribution in [2.24, 2.45) is 0 Å². The first-order chi connectivity index (χ1) is 71.3. The predicted octanol–water partition coefficient (Wildman–Crippen LogP) is 36.7. The van der Waals surface area contributed by atoms with Crippen LogP contribution in [0.3, 0.4) is 0 Å². The number of ether oxygens (including phenoxy) is 6. The van der Waals surface area contributed by atoms with Crippen molar-refractivity contribution in [1.82, 2.24) is 0 Å². The van der Waals surface area contributed by atoms with E-state index in [1.54, 1.807) is 42.7 Å². The zero-order valence-corrected chi connectivity index (χ0v) is 80.9. The molecule has 0 aromatic heterocycles. The second kappa shape index (κ2) is 41.0. The summed E-state index contributed by atoms with van der Waals surface area (Å²) in [7, 11) is 10.5. The third-order valence-corrected chi connectivity index (χ3v) is 27.8. The topological polar surface area (TPSA) is 55.4 Å². The average molecular weight is 1860 g/mol. The van der Waals surface area contributed by atoms with E-state index in [-0.39, 0.29) is 0 Å². The first-order valence-corrected chi connectivity index (χ1v) is 48.8. The van der Waals surface area contributed by atoms with Gasteiger partial charge in [0.1, 0.15) is 34.5 Å². The molecule has 690 valence electrons. The van der Waals surface area contributed by atoms with Crippen LogP contribution in [0.5, 0.6) is 34.5 Å². The van der Waals surface area contributed by atoms with Gasteiger partial charge < -0.3 is 28.4 Å². The highest BCUT2D eigenvalue weighted by atomic mass is 16.5. The lowest BCUT2D eigenvalue weighted by Crippen LogP contribution is -2.10. The molecule has 0 heterocycles. The van der Waals surface area contributed by atoms with Crippen LogP contribution in [0.15, 0.2) is 510 Å². The molecule has 0 spiro atoms. The van der Waals surface area contributed by atoms with Crippen LogP contribution in [-0.4, -0.2) is 42.7 Å². The van der Waals surface area contributed by atoms with Crippen LogP contribution in [0, 0.1) is 0 Å². The van der Waals surface area contributed by atoms with Gasteiger partial charge in [-0.15, -0.1) is 0 Å². The fourth-order valence-corrected chi connectivity index (χ4v) is 21.5. The second-order valence-electron chi connectivity index (χ2n) is 35.8. The molecule has 0 fully saturated rings. The quantitative estimate of drug-likeness (QED) is 0.0511. The third-order valence-electron chi connectivity index (χ3n) is 27.8.